The Balaban J connectivity index is 1.28. The number of esters is 1. The van der Waals surface area contributed by atoms with Crippen LogP contribution in [-0.2, 0) is 28.7 Å². The van der Waals surface area contributed by atoms with Crippen molar-refractivity contribution in [3.63, 3.8) is 0 Å². The zero-order valence-corrected chi connectivity index (χ0v) is 31.9. The van der Waals surface area contributed by atoms with Crippen LogP contribution in [0.15, 0.2) is 128 Å². The van der Waals surface area contributed by atoms with Crippen LogP contribution in [0, 0.1) is 11.8 Å². The number of aliphatic hydroxyl groups is 1. The molecule has 2 N–H and O–H groups in total. The van der Waals surface area contributed by atoms with Gasteiger partial charge >= 0.3 is 5.97 Å². The van der Waals surface area contributed by atoms with E-state index in [-0.39, 0.29) is 30.8 Å². The van der Waals surface area contributed by atoms with Crippen LogP contribution in [0.1, 0.15) is 42.5 Å². The van der Waals surface area contributed by atoms with Gasteiger partial charge in [0.25, 0.3) is 5.91 Å². The van der Waals surface area contributed by atoms with E-state index in [9.17, 15) is 14.7 Å². The quantitative estimate of drug-likeness (QED) is 0.0833. The van der Waals surface area contributed by atoms with Gasteiger partial charge < -0.3 is 29.7 Å². The number of ether oxygens (including phenoxy) is 2. The Labute approximate surface area is 328 Å². The molecule has 3 amide bonds. The number of halogens is 1. The number of fused-ring (bicyclic) bond motifs is 2. The first-order chi connectivity index (χ1) is 26.7. The number of aliphatic hydroxyl groups excluding tert-OH is 1. The maximum absolute atomic E-state index is 15.3. The number of carbonyl (C=O) groups is 4. The monoisotopic (exact) mass is 805 g/mol. The Kier molecular flexibility index (Phi) is 11.3. The highest BCUT2D eigenvalue weighted by Crippen LogP contribution is 2.61. The van der Waals surface area contributed by atoms with Gasteiger partial charge in [-0.2, -0.15) is 0 Å². The van der Waals surface area contributed by atoms with Gasteiger partial charge in [-0.05, 0) is 46.9 Å². The number of nitrogens with zero attached hydrogens (tertiary/aromatic N) is 2. The lowest BCUT2D eigenvalue weighted by Crippen LogP contribution is -2.57. The van der Waals surface area contributed by atoms with Crippen molar-refractivity contribution in [1.82, 2.24) is 10.2 Å². The molecule has 1 spiro atoms. The SMILES string of the molecule is C=CCCC(=O)OC[C@H](NC(=O)[C@@H]1[C@H]2O[C@@]3(CC2Br)[C@H](C(=O)N(CC=C)c2ccc4ccccc4c2)N([C@H](CO)c2ccccc2)C(=O)[C@@H]13)c1ccccc1. The Hall–Kier alpha value is -5.10. The van der Waals surface area contributed by atoms with Gasteiger partial charge in [-0.25, -0.2) is 0 Å². The molecular weight excluding hydrogens is 762 g/mol. The molecule has 284 valence electrons. The van der Waals surface area contributed by atoms with Crippen LogP contribution in [0.25, 0.3) is 10.8 Å². The van der Waals surface area contributed by atoms with E-state index in [4.69, 9.17) is 9.47 Å². The number of amides is 3. The van der Waals surface area contributed by atoms with Crippen molar-refractivity contribution < 1.29 is 33.8 Å². The van der Waals surface area contributed by atoms with Gasteiger partial charge in [-0.1, -0.05) is 119 Å². The second kappa shape index (κ2) is 16.3. The minimum Gasteiger partial charge on any atom is -0.463 e. The molecule has 0 saturated carbocycles. The summed E-state index contributed by atoms with van der Waals surface area (Å²) in [7, 11) is 0. The fraction of sp³-hybridized carbons (Fsp3) is 0.318. The summed E-state index contributed by atoms with van der Waals surface area (Å²) in [6.45, 7) is 7.15. The van der Waals surface area contributed by atoms with E-state index in [0.717, 1.165) is 10.8 Å². The van der Waals surface area contributed by atoms with Crippen LogP contribution < -0.4 is 10.2 Å². The molecule has 3 saturated heterocycles. The maximum atomic E-state index is 15.3. The average molecular weight is 807 g/mol. The van der Waals surface area contributed by atoms with Crippen molar-refractivity contribution in [2.75, 3.05) is 24.7 Å². The van der Waals surface area contributed by atoms with Crippen molar-refractivity contribution in [2.45, 2.75) is 53.9 Å². The molecule has 2 bridgehead atoms. The first-order valence-electron chi connectivity index (χ1n) is 18.5. The van der Waals surface area contributed by atoms with Gasteiger partial charge in [0.05, 0.1) is 36.6 Å². The highest BCUT2D eigenvalue weighted by atomic mass is 79.9. The Morgan fingerprint density at radius 2 is 1.64 bits per heavy atom. The molecule has 11 heteroatoms. The van der Waals surface area contributed by atoms with Crippen LogP contribution >= 0.6 is 15.9 Å². The lowest BCUT2D eigenvalue weighted by molar-refractivity contribution is -0.146. The highest BCUT2D eigenvalue weighted by Gasteiger charge is 2.77. The first kappa shape index (κ1) is 38.2. The van der Waals surface area contributed by atoms with Gasteiger partial charge in [-0.15, -0.1) is 13.2 Å². The zero-order valence-electron chi connectivity index (χ0n) is 30.3. The molecule has 10 nitrogen and oxygen atoms in total. The molecule has 3 aliphatic rings. The van der Waals surface area contributed by atoms with Gasteiger partial charge in [0, 0.05) is 23.5 Å². The summed E-state index contributed by atoms with van der Waals surface area (Å²) >= 11 is 3.77. The Morgan fingerprint density at radius 1 is 0.964 bits per heavy atom. The molecule has 55 heavy (non-hydrogen) atoms. The Morgan fingerprint density at radius 3 is 2.31 bits per heavy atom. The van der Waals surface area contributed by atoms with E-state index in [1.165, 1.54) is 4.90 Å². The number of hydrogen-bond donors (Lipinski definition) is 2. The lowest BCUT2D eigenvalue weighted by Gasteiger charge is -2.39. The van der Waals surface area contributed by atoms with E-state index in [0.29, 0.717) is 23.2 Å². The molecule has 3 aliphatic heterocycles. The fourth-order valence-corrected chi connectivity index (χ4v) is 9.54. The summed E-state index contributed by atoms with van der Waals surface area (Å²) in [6.07, 6.45) is 3.42. The molecule has 0 aliphatic carbocycles. The number of likely N-dealkylation sites (tertiary alicyclic amines) is 1. The molecule has 3 heterocycles. The van der Waals surface area contributed by atoms with E-state index in [1.807, 2.05) is 103 Å². The van der Waals surface area contributed by atoms with Crippen LogP contribution in [0.3, 0.4) is 0 Å². The summed E-state index contributed by atoms with van der Waals surface area (Å²) in [5.74, 6) is -3.80. The standard InChI is InChI=1S/C44H44BrN3O7/c1-3-5-20-36(50)54-27-34(29-15-8-6-9-16-29)46-41(51)37-38-42(52)48(35(26-49)30-17-10-7-11-18-30)40(44(38)25-33(45)39(37)55-44)43(53)47(23-4-2)32-22-21-28-14-12-13-19-31(28)24-32/h3-4,6-19,21-22,24,33-35,37-40,49H,1-2,5,20,23,25-27H2,(H,46,51)/t33?,34-,35+,37-,38+,39-,40-,44+/m0/s1. The number of allylic oxidation sites excluding steroid dienone is 1. The van der Waals surface area contributed by atoms with Gasteiger partial charge in [0.1, 0.15) is 18.2 Å². The second-order valence-electron chi connectivity index (χ2n) is 14.3. The van der Waals surface area contributed by atoms with Crippen LogP contribution in [0.5, 0.6) is 0 Å². The number of hydrogen-bond acceptors (Lipinski definition) is 7. The van der Waals surface area contributed by atoms with Gasteiger partial charge in [-0.3, -0.25) is 19.2 Å². The van der Waals surface area contributed by atoms with Crippen molar-refractivity contribution in [3.05, 3.63) is 140 Å². The molecule has 3 fully saturated rings. The molecule has 8 atom stereocenters. The third-order valence-electron chi connectivity index (χ3n) is 11.1. The smallest absolute Gasteiger partial charge is 0.306 e. The third kappa shape index (κ3) is 7.12. The van der Waals surface area contributed by atoms with Crippen LogP contribution in [0.2, 0.25) is 0 Å². The molecule has 0 radical (unpaired) electrons. The van der Waals surface area contributed by atoms with Crippen LogP contribution in [0.4, 0.5) is 5.69 Å². The molecule has 4 aromatic rings. The number of nitrogens with one attached hydrogen (secondary N) is 1. The fourth-order valence-electron chi connectivity index (χ4n) is 8.60. The van der Waals surface area contributed by atoms with E-state index < -0.39 is 72.0 Å². The predicted octanol–water partition coefficient (Wildman–Crippen LogP) is 6.21. The van der Waals surface area contributed by atoms with E-state index >= 15 is 9.59 Å². The average Bonchev–Trinajstić information content (AvgIpc) is 3.81. The maximum Gasteiger partial charge on any atom is 0.306 e. The zero-order chi connectivity index (χ0) is 38.7. The largest absolute Gasteiger partial charge is 0.463 e. The number of carbonyl (C=O) groups excluding carboxylic acids is 4. The number of anilines is 1. The van der Waals surface area contributed by atoms with E-state index in [2.05, 4.69) is 34.4 Å². The predicted molar refractivity (Wildman–Crippen MR) is 213 cm³/mol. The van der Waals surface area contributed by atoms with Crippen molar-refractivity contribution in [1.29, 1.82) is 0 Å². The number of benzene rings is 4. The molecule has 0 aromatic heterocycles. The van der Waals surface area contributed by atoms with Crippen molar-refractivity contribution >= 4 is 56.1 Å². The summed E-state index contributed by atoms with van der Waals surface area (Å²) in [5.41, 5.74) is 0.560. The minimum absolute atomic E-state index is 0.123. The number of alkyl halides is 1. The second-order valence-corrected chi connectivity index (χ2v) is 15.4. The molecule has 7 rings (SSSR count). The highest BCUT2D eigenvalue weighted by molar-refractivity contribution is 9.09. The normalized spacial score (nSPS) is 24.9. The first-order valence-corrected chi connectivity index (χ1v) is 19.5. The summed E-state index contributed by atoms with van der Waals surface area (Å²) in [5, 5.41) is 16.0. The van der Waals surface area contributed by atoms with Gasteiger partial charge in [0.15, 0.2) is 0 Å². The summed E-state index contributed by atoms with van der Waals surface area (Å²) in [6, 6.07) is 29.0. The summed E-state index contributed by atoms with van der Waals surface area (Å²) in [4.78, 5) is 60.3. The minimum atomic E-state index is -1.41. The van der Waals surface area contributed by atoms with E-state index in [1.54, 1.807) is 17.1 Å². The topological polar surface area (TPSA) is 125 Å². The number of rotatable bonds is 15. The summed E-state index contributed by atoms with van der Waals surface area (Å²) < 4.78 is 12.4. The van der Waals surface area contributed by atoms with Crippen LogP contribution in [-0.4, -0.2) is 76.0 Å². The molecule has 4 aromatic carbocycles. The lowest BCUT2D eigenvalue weighted by atomic mass is 9.70. The van der Waals surface area contributed by atoms with Gasteiger partial charge in [0.2, 0.25) is 11.8 Å². The molecular formula is C44H44BrN3O7. The Bertz CT molecular complexity index is 2080. The van der Waals surface area contributed by atoms with Crippen molar-refractivity contribution in [3.8, 4) is 0 Å². The third-order valence-corrected chi connectivity index (χ3v) is 11.9. The van der Waals surface area contributed by atoms with Crippen molar-refractivity contribution in [2.24, 2.45) is 11.8 Å². The molecule has 1 unspecified atom stereocenters.